The Morgan fingerprint density at radius 1 is 0.903 bits per heavy atom. The summed E-state index contributed by atoms with van der Waals surface area (Å²) in [6, 6.07) is 7.13. The second kappa shape index (κ2) is 9.01. The molecule has 0 radical (unpaired) electrons. The lowest BCUT2D eigenvalue weighted by molar-refractivity contribution is 0.0733. The van der Waals surface area contributed by atoms with E-state index in [0.29, 0.717) is 36.9 Å². The molecule has 0 atom stereocenters. The number of aromatic nitrogens is 2. The molecule has 7 nitrogen and oxygen atoms in total. The van der Waals surface area contributed by atoms with Crippen LogP contribution >= 0.6 is 11.6 Å². The number of rotatable bonds is 3. The zero-order chi connectivity index (χ0) is 21.2. The first kappa shape index (κ1) is 20.5. The third kappa shape index (κ3) is 4.34. The summed E-state index contributed by atoms with van der Waals surface area (Å²) in [5, 5.41) is 0.636. The van der Waals surface area contributed by atoms with Gasteiger partial charge >= 0.3 is 0 Å². The van der Waals surface area contributed by atoms with Gasteiger partial charge in [0.15, 0.2) is 0 Å². The lowest BCUT2D eigenvalue weighted by Gasteiger charge is -2.36. The standard InChI is InChI=1S/C23H28ClN5O2/c24-18-6-4-17(5-7-18)22(30)29-11-8-20-19(16-29)21(27-9-2-1-3-10-27)26-23(25-20)28-12-14-31-15-13-28/h4-7H,1-3,8-16H2. The molecule has 3 aliphatic heterocycles. The van der Waals surface area contributed by atoms with Crippen molar-refractivity contribution < 1.29 is 9.53 Å². The molecule has 1 aromatic heterocycles. The van der Waals surface area contributed by atoms with Gasteiger partial charge in [0.25, 0.3) is 5.91 Å². The number of benzene rings is 1. The molecule has 0 bridgehead atoms. The Hall–Kier alpha value is -2.38. The molecule has 2 fully saturated rings. The van der Waals surface area contributed by atoms with Crippen LogP contribution in [0.25, 0.3) is 0 Å². The van der Waals surface area contributed by atoms with E-state index in [1.165, 1.54) is 19.3 Å². The van der Waals surface area contributed by atoms with Crippen LogP contribution in [0.3, 0.4) is 0 Å². The van der Waals surface area contributed by atoms with Crippen LogP contribution in [-0.2, 0) is 17.7 Å². The Bertz CT molecular complexity index is 940. The van der Waals surface area contributed by atoms with E-state index in [0.717, 1.165) is 55.6 Å². The number of hydrogen-bond acceptors (Lipinski definition) is 6. The predicted octanol–water partition coefficient (Wildman–Crippen LogP) is 3.16. The van der Waals surface area contributed by atoms with E-state index in [2.05, 4.69) is 9.80 Å². The number of ether oxygens (including phenoxy) is 1. The molecule has 1 aromatic carbocycles. The Kier molecular flexibility index (Phi) is 5.96. The van der Waals surface area contributed by atoms with E-state index in [1.54, 1.807) is 24.3 Å². The van der Waals surface area contributed by atoms with Crippen LogP contribution in [0.2, 0.25) is 5.02 Å². The van der Waals surface area contributed by atoms with Gasteiger partial charge in [0.1, 0.15) is 5.82 Å². The number of nitrogens with zero attached hydrogens (tertiary/aromatic N) is 5. The van der Waals surface area contributed by atoms with E-state index >= 15 is 0 Å². The van der Waals surface area contributed by atoms with Crippen LogP contribution in [-0.4, -0.2) is 66.7 Å². The predicted molar refractivity (Wildman–Crippen MR) is 121 cm³/mol. The van der Waals surface area contributed by atoms with Gasteiger partial charge in [0.2, 0.25) is 5.95 Å². The van der Waals surface area contributed by atoms with Gasteiger partial charge in [0, 0.05) is 55.3 Å². The highest BCUT2D eigenvalue weighted by molar-refractivity contribution is 6.30. The molecule has 0 spiro atoms. The summed E-state index contributed by atoms with van der Waals surface area (Å²) >= 11 is 6.00. The molecule has 31 heavy (non-hydrogen) atoms. The number of amides is 1. The van der Waals surface area contributed by atoms with Gasteiger partial charge in [-0.25, -0.2) is 4.98 Å². The smallest absolute Gasteiger partial charge is 0.254 e. The molecular formula is C23H28ClN5O2. The number of anilines is 2. The van der Waals surface area contributed by atoms with Crippen molar-refractivity contribution in [3.63, 3.8) is 0 Å². The second-order valence-corrected chi connectivity index (χ2v) is 8.84. The molecule has 1 amide bonds. The first-order valence-electron chi connectivity index (χ1n) is 11.2. The van der Waals surface area contributed by atoms with Crippen molar-refractivity contribution >= 4 is 29.3 Å². The third-order valence-corrected chi connectivity index (χ3v) is 6.61. The summed E-state index contributed by atoms with van der Waals surface area (Å²) in [6.45, 7) is 6.29. The summed E-state index contributed by atoms with van der Waals surface area (Å²) in [4.78, 5) is 29.6. The van der Waals surface area contributed by atoms with Crippen LogP contribution in [0.1, 0.15) is 40.9 Å². The SMILES string of the molecule is O=C(c1ccc(Cl)cc1)N1CCc2nc(N3CCOCC3)nc(N3CCCCC3)c2C1. The molecule has 2 saturated heterocycles. The van der Waals surface area contributed by atoms with Crippen LogP contribution in [0.15, 0.2) is 24.3 Å². The van der Waals surface area contributed by atoms with Gasteiger partial charge in [-0.15, -0.1) is 0 Å². The minimum Gasteiger partial charge on any atom is -0.378 e. The van der Waals surface area contributed by atoms with Crippen LogP contribution in [0.4, 0.5) is 11.8 Å². The third-order valence-electron chi connectivity index (χ3n) is 6.35. The molecule has 0 aliphatic carbocycles. The molecule has 2 aromatic rings. The molecule has 8 heteroatoms. The number of hydrogen-bond donors (Lipinski definition) is 0. The molecule has 0 N–H and O–H groups in total. The van der Waals surface area contributed by atoms with Crippen LogP contribution < -0.4 is 9.80 Å². The van der Waals surface area contributed by atoms with Crippen molar-refractivity contribution in [1.29, 1.82) is 0 Å². The quantitative estimate of drug-likeness (QED) is 0.729. The largest absolute Gasteiger partial charge is 0.378 e. The number of morpholine rings is 1. The topological polar surface area (TPSA) is 61.8 Å². The van der Waals surface area contributed by atoms with Crippen molar-refractivity contribution in [2.45, 2.75) is 32.2 Å². The summed E-state index contributed by atoms with van der Waals surface area (Å²) in [5.41, 5.74) is 2.85. The molecular weight excluding hydrogens is 414 g/mol. The van der Waals surface area contributed by atoms with E-state index < -0.39 is 0 Å². The first-order valence-corrected chi connectivity index (χ1v) is 11.6. The average Bonchev–Trinajstić information content (AvgIpc) is 2.84. The van der Waals surface area contributed by atoms with Crippen molar-refractivity contribution in [2.75, 3.05) is 55.7 Å². The highest BCUT2D eigenvalue weighted by Gasteiger charge is 2.30. The van der Waals surface area contributed by atoms with E-state index in [9.17, 15) is 4.79 Å². The number of fused-ring (bicyclic) bond motifs is 1. The number of halogens is 1. The highest BCUT2D eigenvalue weighted by Crippen LogP contribution is 2.31. The molecule has 3 aliphatic rings. The van der Waals surface area contributed by atoms with Crippen molar-refractivity contribution in [3.8, 4) is 0 Å². The van der Waals surface area contributed by atoms with E-state index in [1.807, 2.05) is 4.90 Å². The molecule has 5 rings (SSSR count). The maximum Gasteiger partial charge on any atom is 0.254 e. The summed E-state index contributed by atoms with van der Waals surface area (Å²) in [5.74, 6) is 1.85. The first-order chi connectivity index (χ1) is 15.2. The van der Waals surface area contributed by atoms with Crippen molar-refractivity contribution in [2.24, 2.45) is 0 Å². The fourth-order valence-electron chi connectivity index (χ4n) is 4.60. The second-order valence-electron chi connectivity index (χ2n) is 8.40. The maximum absolute atomic E-state index is 13.1. The Morgan fingerprint density at radius 3 is 2.39 bits per heavy atom. The minimum absolute atomic E-state index is 0.0316. The normalized spacial score (nSPS) is 19.3. The van der Waals surface area contributed by atoms with Crippen LogP contribution in [0, 0.1) is 0 Å². The van der Waals surface area contributed by atoms with Crippen molar-refractivity contribution in [1.82, 2.24) is 14.9 Å². The number of carbonyl (C=O) groups excluding carboxylic acids is 1. The lowest BCUT2D eigenvalue weighted by atomic mass is 10.0. The van der Waals surface area contributed by atoms with Gasteiger partial charge in [-0.1, -0.05) is 11.6 Å². The molecule has 4 heterocycles. The monoisotopic (exact) mass is 441 g/mol. The van der Waals surface area contributed by atoms with Crippen molar-refractivity contribution in [3.05, 3.63) is 46.1 Å². The van der Waals surface area contributed by atoms with Crippen LogP contribution in [0.5, 0.6) is 0 Å². The lowest BCUT2D eigenvalue weighted by Crippen LogP contribution is -2.41. The molecule has 164 valence electrons. The molecule has 0 unspecified atom stereocenters. The summed E-state index contributed by atoms with van der Waals surface area (Å²) in [6.07, 6.45) is 4.37. The Morgan fingerprint density at radius 2 is 1.65 bits per heavy atom. The van der Waals surface area contributed by atoms with Gasteiger partial charge in [-0.3, -0.25) is 4.79 Å². The summed E-state index contributed by atoms with van der Waals surface area (Å²) in [7, 11) is 0. The zero-order valence-corrected chi connectivity index (χ0v) is 18.5. The maximum atomic E-state index is 13.1. The van der Waals surface area contributed by atoms with Gasteiger partial charge < -0.3 is 19.4 Å². The zero-order valence-electron chi connectivity index (χ0n) is 17.7. The average molecular weight is 442 g/mol. The Balaban J connectivity index is 1.46. The summed E-state index contributed by atoms with van der Waals surface area (Å²) < 4.78 is 5.51. The highest BCUT2D eigenvalue weighted by atomic mass is 35.5. The van der Waals surface area contributed by atoms with E-state index in [-0.39, 0.29) is 5.91 Å². The fourth-order valence-corrected chi connectivity index (χ4v) is 4.73. The fraction of sp³-hybridized carbons (Fsp3) is 0.522. The minimum atomic E-state index is 0.0316. The van der Waals surface area contributed by atoms with Gasteiger partial charge in [-0.2, -0.15) is 4.98 Å². The van der Waals surface area contributed by atoms with E-state index in [4.69, 9.17) is 26.3 Å². The van der Waals surface area contributed by atoms with Gasteiger partial charge in [0.05, 0.1) is 25.5 Å². The number of piperidine rings is 1. The number of carbonyl (C=O) groups is 1. The molecule has 0 saturated carbocycles. The Labute approximate surface area is 188 Å². The van der Waals surface area contributed by atoms with Gasteiger partial charge in [-0.05, 0) is 43.5 Å².